The smallest absolute Gasteiger partial charge is 0.304 e. The number of nitrogens with zero attached hydrogens (tertiary/aromatic N) is 1. The van der Waals surface area contributed by atoms with Crippen molar-refractivity contribution in [2.75, 3.05) is 25.5 Å². The van der Waals surface area contributed by atoms with Gasteiger partial charge < -0.3 is 15.2 Å². The first-order valence-electron chi connectivity index (χ1n) is 6.86. The van der Waals surface area contributed by atoms with Crippen LogP contribution in [0.2, 0.25) is 0 Å². The summed E-state index contributed by atoms with van der Waals surface area (Å²) in [4.78, 5) is 24.5. The Labute approximate surface area is 124 Å². The van der Waals surface area contributed by atoms with Crippen molar-refractivity contribution in [3.8, 4) is 5.75 Å². The van der Waals surface area contributed by atoms with Crippen LogP contribution in [0.3, 0.4) is 0 Å². The average molecular weight is 294 g/mol. The Morgan fingerprint density at radius 1 is 1.33 bits per heavy atom. The number of hydrogen-bond acceptors (Lipinski definition) is 4. The predicted molar refractivity (Wildman–Crippen MR) is 80.6 cm³/mol. The van der Waals surface area contributed by atoms with Gasteiger partial charge in [0.1, 0.15) is 5.75 Å². The molecule has 0 fully saturated rings. The Bertz CT molecular complexity index is 473. The van der Waals surface area contributed by atoms with Crippen molar-refractivity contribution in [3.05, 3.63) is 24.3 Å². The van der Waals surface area contributed by atoms with E-state index >= 15 is 0 Å². The number of anilines is 1. The maximum Gasteiger partial charge on any atom is 0.304 e. The van der Waals surface area contributed by atoms with Gasteiger partial charge in [-0.2, -0.15) is 0 Å². The Hall–Kier alpha value is -2.08. The van der Waals surface area contributed by atoms with E-state index in [1.807, 2.05) is 11.8 Å². The largest absolute Gasteiger partial charge is 0.497 e. The molecule has 0 saturated carbocycles. The van der Waals surface area contributed by atoms with Gasteiger partial charge in [0.15, 0.2) is 0 Å². The van der Waals surface area contributed by atoms with Crippen molar-refractivity contribution < 1.29 is 19.4 Å². The third-order valence-corrected chi connectivity index (χ3v) is 3.22. The second kappa shape index (κ2) is 8.26. The quantitative estimate of drug-likeness (QED) is 0.764. The summed E-state index contributed by atoms with van der Waals surface area (Å²) >= 11 is 0. The summed E-state index contributed by atoms with van der Waals surface area (Å²) < 4.78 is 5.05. The molecule has 1 aromatic rings. The van der Waals surface area contributed by atoms with Crippen LogP contribution in [0.15, 0.2) is 24.3 Å². The van der Waals surface area contributed by atoms with E-state index in [1.54, 1.807) is 38.3 Å². The molecule has 1 unspecified atom stereocenters. The van der Waals surface area contributed by atoms with E-state index in [1.165, 1.54) is 0 Å². The van der Waals surface area contributed by atoms with Gasteiger partial charge in [0, 0.05) is 11.7 Å². The normalized spacial score (nSPS) is 12.0. The van der Waals surface area contributed by atoms with Crippen LogP contribution < -0.4 is 10.1 Å². The average Bonchev–Trinajstić information content (AvgIpc) is 2.44. The van der Waals surface area contributed by atoms with Gasteiger partial charge in [0.05, 0.1) is 20.1 Å². The minimum atomic E-state index is -0.864. The first-order chi connectivity index (χ1) is 9.96. The molecule has 1 aromatic carbocycles. The molecule has 1 rings (SSSR count). The monoisotopic (exact) mass is 294 g/mol. The Morgan fingerprint density at radius 2 is 1.95 bits per heavy atom. The second-order valence-corrected chi connectivity index (χ2v) is 4.79. The molecular weight excluding hydrogens is 272 g/mol. The molecule has 1 amide bonds. The molecule has 0 aromatic heterocycles. The molecule has 0 saturated heterocycles. The minimum Gasteiger partial charge on any atom is -0.497 e. The third kappa shape index (κ3) is 5.83. The van der Waals surface area contributed by atoms with E-state index in [9.17, 15) is 9.59 Å². The molecule has 116 valence electrons. The highest BCUT2D eigenvalue weighted by molar-refractivity contribution is 5.92. The van der Waals surface area contributed by atoms with Crippen molar-refractivity contribution in [2.45, 2.75) is 26.3 Å². The van der Waals surface area contributed by atoms with Gasteiger partial charge in [0.2, 0.25) is 5.91 Å². The molecule has 0 aliphatic carbocycles. The van der Waals surface area contributed by atoms with E-state index in [0.29, 0.717) is 12.2 Å². The number of ether oxygens (including phenoxy) is 1. The van der Waals surface area contributed by atoms with Gasteiger partial charge in [-0.1, -0.05) is 6.92 Å². The fourth-order valence-electron chi connectivity index (χ4n) is 2.02. The lowest BCUT2D eigenvalue weighted by Crippen LogP contribution is -2.40. The Kier molecular flexibility index (Phi) is 6.68. The summed E-state index contributed by atoms with van der Waals surface area (Å²) in [7, 11) is 1.58. The number of amides is 1. The maximum absolute atomic E-state index is 12.0. The zero-order valence-electron chi connectivity index (χ0n) is 12.6. The van der Waals surface area contributed by atoms with Crippen LogP contribution in [0.25, 0.3) is 0 Å². The van der Waals surface area contributed by atoms with E-state index in [0.717, 1.165) is 5.75 Å². The van der Waals surface area contributed by atoms with Crippen LogP contribution in [-0.2, 0) is 9.59 Å². The first kappa shape index (κ1) is 17.0. The lowest BCUT2D eigenvalue weighted by molar-refractivity contribution is -0.138. The van der Waals surface area contributed by atoms with Crippen LogP contribution in [0.5, 0.6) is 5.75 Å². The van der Waals surface area contributed by atoms with E-state index < -0.39 is 5.97 Å². The molecule has 21 heavy (non-hydrogen) atoms. The fourth-order valence-corrected chi connectivity index (χ4v) is 2.02. The molecule has 0 heterocycles. The highest BCUT2D eigenvalue weighted by atomic mass is 16.5. The lowest BCUT2D eigenvalue weighted by Gasteiger charge is -2.25. The number of rotatable bonds is 8. The SMILES string of the molecule is CCN(CC(=O)Nc1ccc(OC)cc1)C(C)CC(=O)O. The molecule has 0 aliphatic rings. The number of carbonyl (C=O) groups excluding carboxylic acids is 1. The Balaban J connectivity index is 2.55. The van der Waals surface area contributed by atoms with Crippen molar-refractivity contribution in [2.24, 2.45) is 0 Å². The molecule has 0 spiro atoms. The van der Waals surface area contributed by atoms with Crippen LogP contribution in [0.4, 0.5) is 5.69 Å². The van der Waals surface area contributed by atoms with Crippen LogP contribution >= 0.6 is 0 Å². The number of likely N-dealkylation sites (N-methyl/N-ethyl adjacent to an activating group) is 1. The van der Waals surface area contributed by atoms with E-state index in [2.05, 4.69) is 5.32 Å². The van der Waals surface area contributed by atoms with Gasteiger partial charge in [-0.3, -0.25) is 14.5 Å². The highest BCUT2D eigenvalue weighted by Crippen LogP contribution is 2.15. The summed E-state index contributed by atoms with van der Waals surface area (Å²) in [6.07, 6.45) is 0.0175. The van der Waals surface area contributed by atoms with Crippen molar-refractivity contribution >= 4 is 17.6 Å². The van der Waals surface area contributed by atoms with Crippen LogP contribution in [-0.4, -0.2) is 48.1 Å². The molecule has 1 atom stereocenters. The van der Waals surface area contributed by atoms with Gasteiger partial charge in [0.25, 0.3) is 0 Å². The summed E-state index contributed by atoms with van der Waals surface area (Å²) in [5, 5.41) is 11.6. The van der Waals surface area contributed by atoms with E-state index in [4.69, 9.17) is 9.84 Å². The number of carboxylic acid groups (broad SMARTS) is 1. The third-order valence-electron chi connectivity index (χ3n) is 3.22. The number of carbonyl (C=O) groups is 2. The molecule has 6 nitrogen and oxygen atoms in total. The molecule has 6 heteroatoms. The predicted octanol–water partition coefficient (Wildman–Crippen LogP) is 1.82. The number of aliphatic carboxylic acids is 1. The van der Waals surface area contributed by atoms with Crippen LogP contribution in [0.1, 0.15) is 20.3 Å². The van der Waals surface area contributed by atoms with Crippen molar-refractivity contribution in [1.82, 2.24) is 4.90 Å². The van der Waals surface area contributed by atoms with Crippen molar-refractivity contribution in [3.63, 3.8) is 0 Å². The fraction of sp³-hybridized carbons (Fsp3) is 0.467. The topological polar surface area (TPSA) is 78.9 Å². The minimum absolute atomic E-state index is 0.0175. The van der Waals surface area contributed by atoms with Gasteiger partial charge in [-0.25, -0.2) is 0 Å². The summed E-state index contributed by atoms with van der Waals surface area (Å²) in [5.74, 6) is -0.311. The number of carboxylic acids is 1. The molecule has 0 aliphatic heterocycles. The molecular formula is C15H22N2O4. The Morgan fingerprint density at radius 3 is 2.43 bits per heavy atom. The maximum atomic E-state index is 12.0. The number of hydrogen-bond donors (Lipinski definition) is 2. The second-order valence-electron chi connectivity index (χ2n) is 4.79. The summed E-state index contributed by atoms with van der Waals surface area (Å²) in [6, 6.07) is 6.86. The first-order valence-corrected chi connectivity index (χ1v) is 6.86. The number of benzene rings is 1. The zero-order chi connectivity index (χ0) is 15.8. The summed E-state index contributed by atoms with van der Waals surface area (Å²) in [5.41, 5.74) is 0.683. The van der Waals surface area contributed by atoms with Gasteiger partial charge in [-0.05, 0) is 37.7 Å². The zero-order valence-corrected chi connectivity index (χ0v) is 12.6. The van der Waals surface area contributed by atoms with Crippen molar-refractivity contribution in [1.29, 1.82) is 0 Å². The van der Waals surface area contributed by atoms with E-state index in [-0.39, 0.29) is 24.9 Å². The lowest BCUT2D eigenvalue weighted by atomic mass is 10.2. The standard InChI is InChI=1S/C15H22N2O4/c1-4-17(11(2)9-15(19)20)10-14(18)16-12-5-7-13(21-3)8-6-12/h5-8,11H,4,9-10H2,1-3H3,(H,16,18)(H,19,20). The van der Waals surface area contributed by atoms with Gasteiger partial charge in [-0.15, -0.1) is 0 Å². The molecule has 0 radical (unpaired) electrons. The number of methoxy groups -OCH3 is 1. The summed E-state index contributed by atoms with van der Waals surface area (Å²) in [6.45, 7) is 4.48. The van der Waals surface area contributed by atoms with Gasteiger partial charge >= 0.3 is 5.97 Å². The molecule has 0 bridgehead atoms. The van der Waals surface area contributed by atoms with Crippen LogP contribution in [0, 0.1) is 0 Å². The molecule has 2 N–H and O–H groups in total. The number of nitrogens with one attached hydrogen (secondary N) is 1. The highest BCUT2D eigenvalue weighted by Gasteiger charge is 2.18.